The fraction of sp³-hybridized carbons (Fsp3) is 0.462. The SMILES string of the molecule is COCCN(CCC#N)c1cccc(Cl)c1CO. The van der Waals surface area contributed by atoms with Gasteiger partial charge in [-0.3, -0.25) is 0 Å². The third-order valence-corrected chi connectivity index (χ3v) is 3.01. The standard InChI is InChI=1S/C13H17ClN2O2/c1-18-9-8-16(7-3-6-15)13-5-2-4-12(14)11(13)10-17/h2,4-5,17H,3,7-10H2,1H3. The van der Waals surface area contributed by atoms with Crippen molar-refractivity contribution >= 4 is 17.3 Å². The van der Waals surface area contributed by atoms with Crippen LogP contribution in [0, 0.1) is 11.3 Å². The highest BCUT2D eigenvalue weighted by molar-refractivity contribution is 6.31. The van der Waals surface area contributed by atoms with E-state index in [-0.39, 0.29) is 6.61 Å². The molecule has 98 valence electrons. The molecule has 18 heavy (non-hydrogen) atoms. The molecule has 0 aliphatic carbocycles. The van der Waals surface area contributed by atoms with Crippen LogP contribution in [0.25, 0.3) is 0 Å². The maximum Gasteiger partial charge on any atom is 0.0716 e. The first-order valence-corrected chi connectivity index (χ1v) is 6.11. The molecular weight excluding hydrogens is 252 g/mol. The van der Waals surface area contributed by atoms with Crippen molar-refractivity contribution in [1.82, 2.24) is 0 Å². The van der Waals surface area contributed by atoms with Crippen molar-refractivity contribution in [3.8, 4) is 6.07 Å². The molecule has 0 saturated heterocycles. The van der Waals surface area contributed by atoms with Gasteiger partial charge in [-0.15, -0.1) is 0 Å². The maximum atomic E-state index is 9.39. The Morgan fingerprint density at radius 1 is 1.44 bits per heavy atom. The molecule has 0 spiro atoms. The Labute approximate surface area is 112 Å². The van der Waals surface area contributed by atoms with E-state index in [1.807, 2.05) is 17.0 Å². The molecule has 0 heterocycles. The number of nitriles is 1. The number of benzene rings is 1. The van der Waals surface area contributed by atoms with Crippen LogP contribution in [0.15, 0.2) is 18.2 Å². The molecule has 1 aromatic carbocycles. The largest absolute Gasteiger partial charge is 0.392 e. The number of ether oxygens (including phenoxy) is 1. The van der Waals surface area contributed by atoms with Crippen LogP contribution in [0.5, 0.6) is 0 Å². The summed E-state index contributed by atoms with van der Waals surface area (Å²) < 4.78 is 5.06. The van der Waals surface area contributed by atoms with Crippen LogP contribution in [0.1, 0.15) is 12.0 Å². The zero-order valence-corrected chi connectivity index (χ0v) is 11.2. The summed E-state index contributed by atoms with van der Waals surface area (Å²) in [6.45, 7) is 1.69. The molecule has 0 fully saturated rings. The first kappa shape index (κ1) is 14.8. The average Bonchev–Trinajstić information content (AvgIpc) is 2.39. The molecular formula is C13H17ClN2O2. The van der Waals surface area contributed by atoms with E-state index in [0.29, 0.717) is 36.7 Å². The molecule has 5 heteroatoms. The van der Waals surface area contributed by atoms with Gasteiger partial charge < -0.3 is 14.7 Å². The molecule has 1 N–H and O–H groups in total. The number of hydrogen-bond donors (Lipinski definition) is 1. The third kappa shape index (κ3) is 3.88. The second-order valence-corrected chi connectivity index (χ2v) is 4.19. The van der Waals surface area contributed by atoms with Gasteiger partial charge in [-0.2, -0.15) is 5.26 Å². The quantitative estimate of drug-likeness (QED) is 0.824. The molecule has 0 radical (unpaired) electrons. The van der Waals surface area contributed by atoms with Crippen molar-refractivity contribution in [3.05, 3.63) is 28.8 Å². The number of methoxy groups -OCH3 is 1. The Morgan fingerprint density at radius 3 is 2.83 bits per heavy atom. The van der Waals surface area contributed by atoms with Crippen LogP contribution in [0.2, 0.25) is 5.02 Å². The van der Waals surface area contributed by atoms with E-state index in [1.165, 1.54) is 0 Å². The van der Waals surface area contributed by atoms with E-state index in [0.717, 1.165) is 5.69 Å². The molecule has 0 aliphatic rings. The maximum absolute atomic E-state index is 9.39. The molecule has 0 aromatic heterocycles. The van der Waals surface area contributed by atoms with E-state index in [9.17, 15) is 5.11 Å². The summed E-state index contributed by atoms with van der Waals surface area (Å²) in [5, 5.41) is 18.6. The lowest BCUT2D eigenvalue weighted by Gasteiger charge is -2.26. The molecule has 1 rings (SSSR count). The van der Waals surface area contributed by atoms with Crippen LogP contribution in [0.3, 0.4) is 0 Å². The van der Waals surface area contributed by atoms with E-state index in [2.05, 4.69) is 6.07 Å². The molecule has 0 saturated carbocycles. The molecule has 0 aliphatic heterocycles. The van der Waals surface area contributed by atoms with Gasteiger partial charge in [0.2, 0.25) is 0 Å². The van der Waals surface area contributed by atoms with Crippen LogP contribution in [-0.2, 0) is 11.3 Å². The molecule has 0 amide bonds. The molecule has 1 aromatic rings. The Morgan fingerprint density at radius 2 is 2.22 bits per heavy atom. The lowest BCUT2D eigenvalue weighted by atomic mass is 10.1. The van der Waals surface area contributed by atoms with Crippen molar-refractivity contribution in [3.63, 3.8) is 0 Å². The second-order valence-electron chi connectivity index (χ2n) is 3.78. The summed E-state index contributed by atoms with van der Waals surface area (Å²) in [6, 6.07) is 7.59. The minimum atomic E-state index is -0.120. The summed E-state index contributed by atoms with van der Waals surface area (Å²) in [4.78, 5) is 2.00. The first-order valence-electron chi connectivity index (χ1n) is 5.73. The summed E-state index contributed by atoms with van der Waals surface area (Å²) in [5.74, 6) is 0. The summed E-state index contributed by atoms with van der Waals surface area (Å²) in [5.41, 5.74) is 1.55. The number of aliphatic hydroxyl groups excluding tert-OH is 1. The average molecular weight is 269 g/mol. The first-order chi connectivity index (χ1) is 8.74. The third-order valence-electron chi connectivity index (χ3n) is 2.65. The normalized spacial score (nSPS) is 10.1. The van der Waals surface area contributed by atoms with Crippen molar-refractivity contribution in [2.45, 2.75) is 13.0 Å². The lowest BCUT2D eigenvalue weighted by molar-refractivity contribution is 0.205. The monoisotopic (exact) mass is 268 g/mol. The molecule has 0 bridgehead atoms. The van der Waals surface area contributed by atoms with Gasteiger partial charge in [-0.25, -0.2) is 0 Å². The van der Waals surface area contributed by atoms with E-state index in [1.54, 1.807) is 13.2 Å². The van der Waals surface area contributed by atoms with Crippen LogP contribution in [0.4, 0.5) is 5.69 Å². The van der Waals surface area contributed by atoms with Crippen LogP contribution >= 0.6 is 11.6 Å². The number of nitrogens with zero attached hydrogens (tertiary/aromatic N) is 2. The number of rotatable bonds is 7. The number of halogens is 1. The minimum Gasteiger partial charge on any atom is -0.392 e. The second kappa shape index (κ2) is 7.93. The Kier molecular flexibility index (Phi) is 6.51. The van der Waals surface area contributed by atoms with E-state index < -0.39 is 0 Å². The summed E-state index contributed by atoms with van der Waals surface area (Å²) >= 11 is 6.06. The number of aliphatic hydroxyl groups is 1. The van der Waals surface area contributed by atoms with Gasteiger partial charge in [-0.05, 0) is 12.1 Å². The van der Waals surface area contributed by atoms with Gasteiger partial charge in [0.05, 0.1) is 25.7 Å². The zero-order chi connectivity index (χ0) is 13.4. The van der Waals surface area contributed by atoms with Crippen molar-refractivity contribution in [1.29, 1.82) is 5.26 Å². The minimum absolute atomic E-state index is 0.120. The smallest absolute Gasteiger partial charge is 0.0716 e. The predicted octanol–water partition coefficient (Wildman–Crippen LogP) is 2.20. The van der Waals surface area contributed by atoms with E-state index in [4.69, 9.17) is 21.6 Å². The van der Waals surface area contributed by atoms with E-state index >= 15 is 0 Å². The zero-order valence-electron chi connectivity index (χ0n) is 10.4. The fourth-order valence-electron chi connectivity index (χ4n) is 1.74. The lowest BCUT2D eigenvalue weighted by Crippen LogP contribution is -2.29. The van der Waals surface area contributed by atoms with Gasteiger partial charge in [0.15, 0.2) is 0 Å². The molecule has 4 nitrogen and oxygen atoms in total. The topological polar surface area (TPSA) is 56.5 Å². The highest BCUT2D eigenvalue weighted by Gasteiger charge is 2.12. The molecule has 0 unspecified atom stereocenters. The number of anilines is 1. The number of hydrogen-bond acceptors (Lipinski definition) is 4. The Bertz CT molecular complexity index is 418. The van der Waals surface area contributed by atoms with Crippen molar-refractivity contribution in [2.75, 3.05) is 31.7 Å². The van der Waals surface area contributed by atoms with Gasteiger partial charge in [0.25, 0.3) is 0 Å². The fourth-order valence-corrected chi connectivity index (χ4v) is 1.97. The highest BCUT2D eigenvalue weighted by Crippen LogP contribution is 2.27. The van der Waals surface area contributed by atoms with Gasteiger partial charge >= 0.3 is 0 Å². The van der Waals surface area contributed by atoms with Gasteiger partial charge in [0.1, 0.15) is 0 Å². The van der Waals surface area contributed by atoms with Crippen LogP contribution in [-0.4, -0.2) is 31.9 Å². The van der Waals surface area contributed by atoms with Crippen molar-refractivity contribution < 1.29 is 9.84 Å². The van der Waals surface area contributed by atoms with Crippen LogP contribution < -0.4 is 4.90 Å². The van der Waals surface area contributed by atoms with Gasteiger partial charge in [0, 0.05) is 36.5 Å². The highest BCUT2D eigenvalue weighted by atomic mass is 35.5. The predicted molar refractivity (Wildman–Crippen MR) is 71.7 cm³/mol. The summed E-state index contributed by atoms with van der Waals surface area (Å²) in [6.07, 6.45) is 0.418. The Hall–Kier alpha value is -1.28. The van der Waals surface area contributed by atoms with Crippen molar-refractivity contribution in [2.24, 2.45) is 0 Å². The molecule has 0 atom stereocenters. The Balaban J connectivity index is 2.96. The van der Waals surface area contributed by atoms with Gasteiger partial charge in [-0.1, -0.05) is 17.7 Å². The summed E-state index contributed by atoms with van der Waals surface area (Å²) in [7, 11) is 1.63.